The summed E-state index contributed by atoms with van der Waals surface area (Å²) in [6.45, 7) is 3.93. The predicted octanol–water partition coefficient (Wildman–Crippen LogP) is 2.49. The fraction of sp³-hybridized carbons (Fsp3) is 0.286. The van der Waals surface area contributed by atoms with Crippen LogP contribution in [0.3, 0.4) is 0 Å². The summed E-state index contributed by atoms with van der Waals surface area (Å²) in [5.74, 6) is 0. The van der Waals surface area contributed by atoms with Crippen LogP contribution in [0.25, 0.3) is 0 Å². The summed E-state index contributed by atoms with van der Waals surface area (Å²) in [6.07, 6.45) is 4.38. The first kappa shape index (κ1) is 11.7. The Morgan fingerprint density at radius 2 is 1.82 bits per heavy atom. The maximum Gasteiger partial charge on any atom is 0.0896 e. The SMILES string of the molecule is CC(C)(c1cnccn1)C(O)c1ccccc1. The molecule has 0 amide bonds. The van der Waals surface area contributed by atoms with Crippen molar-refractivity contribution < 1.29 is 5.11 Å². The van der Waals surface area contributed by atoms with Crippen LogP contribution in [0.4, 0.5) is 0 Å². The molecule has 3 heteroatoms. The van der Waals surface area contributed by atoms with Crippen molar-refractivity contribution in [2.45, 2.75) is 25.4 Å². The minimum atomic E-state index is -0.597. The molecule has 1 heterocycles. The zero-order valence-electron chi connectivity index (χ0n) is 10.0. The highest BCUT2D eigenvalue weighted by molar-refractivity contribution is 5.25. The van der Waals surface area contributed by atoms with Crippen LogP contribution < -0.4 is 0 Å². The fourth-order valence-electron chi connectivity index (χ4n) is 1.82. The van der Waals surface area contributed by atoms with Gasteiger partial charge in [0.25, 0.3) is 0 Å². The molecule has 0 bridgehead atoms. The van der Waals surface area contributed by atoms with Gasteiger partial charge in [-0.15, -0.1) is 0 Å². The monoisotopic (exact) mass is 228 g/mol. The summed E-state index contributed by atoms with van der Waals surface area (Å²) < 4.78 is 0. The van der Waals surface area contributed by atoms with Crippen molar-refractivity contribution in [2.75, 3.05) is 0 Å². The minimum absolute atomic E-state index is 0.463. The maximum absolute atomic E-state index is 10.4. The summed E-state index contributed by atoms with van der Waals surface area (Å²) in [4.78, 5) is 8.33. The lowest BCUT2D eigenvalue weighted by Crippen LogP contribution is -2.28. The average molecular weight is 228 g/mol. The van der Waals surface area contributed by atoms with Gasteiger partial charge in [0, 0.05) is 24.0 Å². The van der Waals surface area contributed by atoms with Crippen molar-refractivity contribution in [1.82, 2.24) is 9.97 Å². The lowest BCUT2D eigenvalue weighted by atomic mass is 9.80. The van der Waals surface area contributed by atoms with E-state index in [-0.39, 0.29) is 0 Å². The number of benzene rings is 1. The number of hydrogen-bond acceptors (Lipinski definition) is 3. The molecule has 0 fully saturated rings. The summed E-state index contributed by atoms with van der Waals surface area (Å²) >= 11 is 0. The third-order valence-electron chi connectivity index (χ3n) is 3.02. The Labute approximate surface area is 101 Å². The van der Waals surface area contributed by atoms with Gasteiger partial charge >= 0.3 is 0 Å². The van der Waals surface area contributed by atoms with Crippen LogP contribution in [0.15, 0.2) is 48.9 Å². The zero-order valence-corrected chi connectivity index (χ0v) is 10.0. The highest BCUT2D eigenvalue weighted by atomic mass is 16.3. The van der Waals surface area contributed by atoms with Crippen LogP contribution in [0, 0.1) is 0 Å². The molecule has 1 N–H and O–H groups in total. The van der Waals surface area contributed by atoms with Gasteiger partial charge in [-0.05, 0) is 5.56 Å². The maximum atomic E-state index is 10.4. The number of hydrogen-bond donors (Lipinski definition) is 1. The Balaban J connectivity index is 2.33. The summed E-state index contributed by atoms with van der Waals surface area (Å²) in [5.41, 5.74) is 1.22. The van der Waals surface area contributed by atoms with E-state index in [0.717, 1.165) is 11.3 Å². The fourth-order valence-corrected chi connectivity index (χ4v) is 1.82. The molecule has 0 saturated carbocycles. The topological polar surface area (TPSA) is 46.0 Å². The van der Waals surface area contributed by atoms with Gasteiger partial charge in [-0.2, -0.15) is 0 Å². The van der Waals surface area contributed by atoms with Crippen molar-refractivity contribution in [1.29, 1.82) is 0 Å². The molecule has 0 aliphatic rings. The second-order valence-corrected chi connectivity index (χ2v) is 4.63. The van der Waals surface area contributed by atoms with Crippen LogP contribution >= 0.6 is 0 Å². The molecule has 0 radical (unpaired) electrons. The first-order valence-electron chi connectivity index (χ1n) is 5.62. The average Bonchev–Trinajstić information content (AvgIpc) is 2.40. The van der Waals surface area contributed by atoms with Gasteiger partial charge in [0.15, 0.2) is 0 Å². The molecule has 1 atom stereocenters. The molecule has 1 aromatic carbocycles. The van der Waals surface area contributed by atoms with Gasteiger partial charge in [0.1, 0.15) is 0 Å². The Kier molecular flexibility index (Phi) is 3.20. The Bertz CT molecular complexity index is 468. The van der Waals surface area contributed by atoms with Crippen LogP contribution in [-0.4, -0.2) is 15.1 Å². The van der Waals surface area contributed by atoms with Gasteiger partial charge in [0.05, 0.1) is 11.8 Å². The van der Waals surface area contributed by atoms with Gasteiger partial charge < -0.3 is 5.11 Å². The number of aliphatic hydroxyl groups is 1. The molecule has 1 unspecified atom stereocenters. The minimum Gasteiger partial charge on any atom is -0.387 e. The van der Waals surface area contributed by atoms with Crippen molar-refractivity contribution in [3.8, 4) is 0 Å². The number of rotatable bonds is 3. The normalized spacial score (nSPS) is 13.4. The van der Waals surface area contributed by atoms with Crippen molar-refractivity contribution >= 4 is 0 Å². The standard InChI is InChI=1S/C14H16N2O/c1-14(2,12-10-15-8-9-16-12)13(17)11-6-4-3-5-7-11/h3-10,13,17H,1-2H3. The van der Waals surface area contributed by atoms with E-state index >= 15 is 0 Å². The van der Waals surface area contributed by atoms with Gasteiger partial charge in [-0.25, -0.2) is 0 Å². The molecule has 0 aliphatic carbocycles. The van der Waals surface area contributed by atoms with E-state index in [0.29, 0.717) is 0 Å². The molecular formula is C14H16N2O. The molecule has 2 rings (SSSR count). The molecule has 88 valence electrons. The summed E-state index contributed by atoms with van der Waals surface area (Å²) in [7, 11) is 0. The van der Waals surface area contributed by atoms with E-state index in [9.17, 15) is 5.11 Å². The van der Waals surface area contributed by atoms with E-state index in [1.54, 1.807) is 18.6 Å². The summed E-state index contributed by atoms with van der Waals surface area (Å²) in [5, 5.41) is 10.4. The number of aromatic nitrogens is 2. The van der Waals surface area contributed by atoms with Crippen LogP contribution in [0.1, 0.15) is 31.2 Å². The van der Waals surface area contributed by atoms with E-state index in [2.05, 4.69) is 9.97 Å². The van der Waals surface area contributed by atoms with Crippen LogP contribution in [0.2, 0.25) is 0 Å². The smallest absolute Gasteiger partial charge is 0.0896 e. The summed E-state index contributed by atoms with van der Waals surface area (Å²) in [6, 6.07) is 9.62. The van der Waals surface area contributed by atoms with Crippen molar-refractivity contribution in [3.63, 3.8) is 0 Å². The molecule has 0 spiro atoms. The largest absolute Gasteiger partial charge is 0.387 e. The van der Waals surface area contributed by atoms with E-state index in [4.69, 9.17) is 0 Å². The highest BCUT2D eigenvalue weighted by Gasteiger charge is 2.32. The Hall–Kier alpha value is -1.74. The molecule has 2 aromatic rings. The quantitative estimate of drug-likeness (QED) is 0.877. The second kappa shape index (κ2) is 4.63. The lowest BCUT2D eigenvalue weighted by Gasteiger charge is -2.29. The van der Waals surface area contributed by atoms with Gasteiger partial charge in [-0.1, -0.05) is 44.2 Å². The van der Waals surface area contributed by atoms with E-state index in [1.165, 1.54) is 0 Å². The number of nitrogens with zero attached hydrogens (tertiary/aromatic N) is 2. The Morgan fingerprint density at radius 3 is 2.41 bits per heavy atom. The highest BCUT2D eigenvalue weighted by Crippen LogP contribution is 2.35. The molecule has 17 heavy (non-hydrogen) atoms. The molecule has 1 aromatic heterocycles. The Morgan fingerprint density at radius 1 is 1.12 bits per heavy atom. The van der Waals surface area contributed by atoms with Crippen LogP contribution in [-0.2, 0) is 5.41 Å². The third kappa shape index (κ3) is 2.34. The van der Waals surface area contributed by atoms with Crippen LogP contribution in [0.5, 0.6) is 0 Å². The second-order valence-electron chi connectivity index (χ2n) is 4.63. The third-order valence-corrected chi connectivity index (χ3v) is 3.02. The zero-order chi connectivity index (χ0) is 12.3. The lowest BCUT2D eigenvalue weighted by molar-refractivity contribution is 0.0976. The van der Waals surface area contributed by atoms with Crippen molar-refractivity contribution in [2.24, 2.45) is 0 Å². The van der Waals surface area contributed by atoms with Gasteiger partial charge in [0.2, 0.25) is 0 Å². The predicted molar refractivity (Wildman–Crippen MR) is 66.5 cm³/mol. The molecular weight excluding hydrogens is 212 g/mol. The van der Waals surface area contributed by atoms with E-state index < -0.39 is 11.5 Å². The molecule has 3 nitrogen and oxygen atoms in total. The van der Waals surface area contributed by atoms with E-state index in [1.807, 2.05) is 44.2 Å². The molecule has 0 saturated heterocycles. The first-order chi connectivity index (χ1) is 8.12. The molecule has 0 aliphatic heterocycles. The first-order valence-corrected chi connectivity index (χ1v) is 5.62. The van der Waals surface area contributed by atoms with Gasteiger partial charge in [-0.3, -0.25) is 9.97 Å². The van der Waals surface area contributed by atoms with Crippen molar-refractivity contribution in [3.05, 3.63) is 60.2 Å². The number of aliphatic hydroxyl groups excluding tert-OH is 1.